The van der Waals surface area contributed by atoms with E-state index in [1.54, 1.807) is 0 Å². The first-order valence-electron chi connectivity index (χ1n) is 4.37. The van der Waals surface area contributed by atoms with Crippen molar-refractivity contribution in [1.29, 1.82) is 0 Å². The number of sulfonamides is 1. The van der Waals surface area contributed by atoms with Gasteiger partial charge in [-0.25, -0.2) is 8.42 Å². The lowest BCUT2D eigenvalue weighted by Gasteiger charge is -2.08. The molecule has 0 aliphatic carbocycles. The number of primary amides is 1. The monoisotopic (exact) mass is 278 g/mol. The van der Waals surface area contributed by atoms with Crippen LogP contribution in [0, 0.1) is 0 Å². The van der Waals surface area contributed by atoms with E-state index in [0.29, 0.717) is 0 Å². The van der Waals surface area contributed by atoms with Gasteiger partial charge < -0.3 is 10.8 Å². The van der Waals surface area contributed by atoms with Crippen LogP contribution in [0.4, 0.5) is 0 Å². The number of hydrogen-bond acceptors (Lipinski definition) is 5. The van der Waals surface area contributed by atoms with E-state index in [4.69, 9.17) is 10.8 Å². The van der Waals surface area contributed by atoms with E-state index in [9.17, 15) is 18.0 Å². The Kier molecular flexibility index (Phi) is 3.86. The first-order chi connectivity index (χ1) is 7.74. The van der Waals surface area contributed by atoms with Crippen LogP contribution in [0.2, 0.25) is 0 Å². The molecule has 0 aliphatic heterocycles. The van der Waals surface area contributed by atoms with Gasteiger partial charge in [-0.15, -0.1) is 11.3 Å². The molecule has 1 rings (SSSR count). The molecule has 0 saturated carbocycles. The predicted octanol–water partition coefficient (Wildman–Crippen LogP) is -0.402. The SMILES string of the molecule is C[C@@H](NS(=O)(=O)c1csc(C(N)=O)c1)C(=O)O. The van der Waals surface area contributed by atoms with E-state index in [1.807, 2.05) is 4.72 Å². The molecule has 0 fully saturated rings. The van der Waals surface area contributed by atoms with Crippen LogP contribution in [0.25, 0.3) is 0 Å². The number of carbonyl (C=O) groups is 2. The Hall–Kier alpha value is -1.45. The average Bonchev–Trinajstić information content (AvgIpc) is 2.65. The van der Waals surface area contributed by atoms with Crippen LogP contribution < -0.4 is 10.5 Å². The van der Waals surface area contributed by atoms with Crippen LogP contribution in [0.3, 0.4) is 0 Å². The van der Waals surface area contributed by atoms with E-state index < -0.39 is 27.9 Å². The van der Waals surface area contributed by atoms with Gasteiger partial charge in [0.25, 0.3) is 5.91 Å². The van der Waals surface area contributed by atoms with E-state index in [1.165, 1.54) is 12.3 Å². The molecule has 0 radical (unpaired) electrons. The molecule has 9 heteroatoms. The van der Waals surface area contributed by atoms with Gasteiger partial charge in [-0.3, -0.25) is 9.59 Å². The van der Waals surface area contributed by atoms with Crippen molar-refractivity contribution in [3.05, 3.63) is 16.3 Å². The van der Waals surface area contributed by atoms with Crippen molar-refractivity contribution in [3.8, 4) is 0 Å². The summed E-state index contributed by atoms with van der Waals surface area (Å²) >= 11 is 0.879. The van der Waals surface area contributed by atoms with Gasteiger partial charge in [0.2, 0.25) is 10.0 Å². The van der Waals surface area contributed by atoms with Gasteiger partial charge in [0, 0.05) is 5.38 Å². The minimum Gasteiger partial charge on any atom is -0.480 e. The zero-order valence-electron chi connectivity index (χ0n) is 8.71. The summed E-state index contributed by atoms with van der Waals surface area (Å²) in [5, 5.41) is 9.81. The number of nitrogens with two attached hydrogens (primary N) is 1. The number of carboxylic acids is 1. The van der Waals surface area contributed by atoms with E-state index >= 15 is 0 Å². The lowest BCUT2D eigenvalue weighted by molar-refractivity contribution is -0.138. The molecule has 0 saturated heterocycles. The molecule has 7 nitrogen and oxygen atoms in total. The molecular formula is C8H10N2O5S2. The highest BCUT2D eigenvalue weighted by Gasteiger charge is 2.23. The number of rotatable bonds is 5. The molecule has 17 heavy (non-hydrogen) atoms. The second kappa shape index (κ2) is 4.82. The van der Waals surface area contributed by atoms with Crippen LogP contribution in [0.1, 0.15) is 16.6 Å². The highest BCUT2D eigenvalue weighted by molar-refractivity contribution is 7.89. The maximum Gasteiger partial charge on any atom is 0.321 e. The fourth-order valence-electron chi connectivity index (χ4n) is 0.940. The number of thiophene rings is 1. The summed E-state index contributed by atoms with van der Waals surface area (Å²) in [5.74, 6) is -2.03. The Morgan fingerprint density at radius 3 is 2.53 bits per heavy atom. The molecule has 94 valence electrons. The van der Waals surface area contributed by atoms with Gasteiger partial charge in [0.05, 0.1) is 9.77 Å². The van der Waals surface area contributed by atoms with Crippen LogP contribution in [-0.4, -0.2) is 31.4 Å². The molecule has 1 amide bonds. The molecule has 1 aromatic heterocycles. The zero-order chi connectivity index (χ0) is 13.2. The van der Waals surface area contributed by atoms with Crippen molar-refractivity contribution in [2.75, 3.05) is 0 Å². The van der Waals surface area contributed by atoms with Crippen LogP contribution in [0.5, 0.6) is 0 Å². The maximum absolute atomic E-state index is 11.7. The van der Waals surface area contributed by atoms with Crippen molar-refractivity contribution >= 4 is 33.2 Å². The molecular weight excluding hydrogens is 268 g/mol. The Morgan fingerprint density at radius 2 is 2.12 bits per heavy atom. The standard InChI is InChI=1S/C8H10N2O5S2/c1-4(8(12)13)10-17(14,15)5-2-6(7(9)11)16-3-5/h2-4,10H,1H3,(H2,9,11)(H,12,13)/t4-/m1/s1. The molecule has 1 aromatic rings. The molecule has 0 unspecified atom stereocenters. The molecule has 0 bridgehead atoms. The number of aliphatic carboxylic acids is 1. The van der Waals surface area contributed by atoms with Crippen molar-refractivity contribution in [2.24, 2.45) is 5.73 Å². The highest BCUT2D eigenvalue weighted by atomic mass is 32.2. The van der Waals surface area contributed by atoms with Crippen molar-refractivity contribution in [2.45, 2.75) is 17.9 Å². The fourth-order valence-corrected chi connectivity index (χ4v) is 3.26. The zero-order valence-corrected chi connectivity index (χ0v) is 10.3. The minimum atomic E-state index is -3.95. The molecule has 0 spiro atoms. The average molecular weight is 278 g/mol. The minimum absolute atomic E-state index is 0.0911. The van der Waals surface area contributed by atoms with Crippen LogP contribution >= 0.6 is 11.3 Å². The Morgan fingerprint density at radius 1 is 1.53 bits per heavy atom. The maximum atomic E-state index is 11.7. The van der Waals surface area contributed by atoms with Gasteiger partial charge in [0.1, 0.15) is 6.04 Å². The smallest absolute Gasteiger partial charge is 0.321 e. The summed E-state index contributed by atoms with van der Waals surface area (Å²) in [5.41, 5.74) is 4.98. The van der Waals surface area contributed by atoms with Gasteiger partial charge in [-0.05, 0) is 13.0 Å². The molecule has 0 aromatic carbocycles. The van der Waals surface area contributed by atoms with Gasteiger partial charge in [-0.1, -0.05) is 0 Å². The van der Waals surface area contributed by atoms with Crippen LogP contribution in [0.15, 0.2) is 16.3 Å². The van der Waals surface area contributed by atoms with Crippen molar-refractivity contribution in [1.82, 2.24) is 4.72 Å². The second-order valence-electron chi connectivity index (χ2n) is 3.19. The summed E-state index contributed by atoms with van der Waals surface area (Å²) in [6.07, 6.45) is 0. The van der Waals surface area contributed by atoms with E-state index in [0.717, 1.165) is 17.4 Å². The third kappa shape index (κ3) is 3.25. The van der Waals surface area contributed by atoms with Crippen LogP contribution in [-0.2, 0) is 14.8 Å². The molecule has 1 atom stereocenters. The molecule has 1 heterocycles. The Balaban J connectivity index is 2.97. The summed E-state index contributed by atoms with van der Waals surface area (Å²) in [7, 11) is -3.95. The summed E-state index contributed by atoms with van der Waals surface area (Å²) in [4.78, 5) is 21.2. The van der Waals surface area contributed by atoms with Gasteiger partial charge in [-0.2, -0.15) is 4.72 Å². The van der Waals surface area contributed by atoms with Crippen molar-refractivity contribution < 1.29 is 23.1 Å². The lowest BCUT2D eigenvalue weighted by Crippen LogP contribution is -2.38. The molecule has 0 aliphatic rings. The lowest BCUT2D eigenvalue weighted by atomic mass is 10.4. The third-order valence-corrected chi connectivity index (χ3v) is 4.45. The fraction of sp³-hybridized carbons (Fsp3) is 0.250. The summed E-state index contributed by atoms with van der Waals surface area (Å²) < 4.78 is 25.3. The first kappa shape index (κ1) is 13.6. The largest absolute Gasteiger partial charge is 0.480 e. The Bertz CT molecular complexity index is 548. The quantitative estimate of drug-likeness (QED) is 0.675. The summed E-state index contributed by atoms with van der Waals surface area (Å²) in [6, 6.07) is -0.152. The number of carboxylic acid groups (broad SMARTS) is 1. The van der Waals surface area contributed by atoms with E-state index in [-0.39, 0.29) is 9.77 Å². The normalized spacial score (nSPS) is 13.2. The topological polar surface area (TPSA) is 127 Å². The highest BCUT2D eigenvalue weighted by Crippen LogP contribution is 2.18. The number of carbonyl (C=O) groups excluding carboxylic acids is 1. The second-order valence-corrected chi connectivity index (χ2v) is 5.82. The first-order valence-corrected chi connectivity index (χ1v) is 6.74. The van der Waals surface area contributed by atoms with Gasteiger partial charge in [0.15, 0.2) is 0 Å². The third-order valence-electron chi connectivity index (χ3n) is 1.83. The summed E-state index contributed by atoms with van der Waals surface area (Å²) in [6.45, 7) is 1.20. The van der Waals surface area contributed by atoms with Crippen molar-refractivity contribution in [3.63, 3.8) is 0 Å². The number of amides is 1. The number of hydrogen-bond donors (Lipinski definition) is 3. The van der Waals surface area contributed by atoms with E-state index in [2.05, 4.69) is 0 Å². The predicted molar refractivity (Wildman–Crippen MR) is 60.3 cm³/mol. The Labute approximate surface area is 101 Å². The van der Waals surface area contributed by atoms with Gasteiger partial charge >= 0.3 is 5.97 Å². The number of nitrogens with one attached hydrogen (secondary N) is 1. The molecule has 4 N–H and O–H groups in total.